The van der Waals surface area contributed by atoms with Crippen LogP contribution in [0.4, 0.5) is 11.5 Å². The van der Waals surface area contributed by atoms with Gasteiger partial charge in [0.1, 0.15) is 17.8 Å². The number of amides is 1. The number of methoxy groups -OCH3 is 1. The average molecular weight is 380 g/mol. The van der Waals surface area contributed by atoms with Crippen molar-refractivity contribution in [3.8, 4) is 0 Å². The zero-order valence-electron chi connectivity index (χ0n) is 15.9. The van der Waals surface area contributed by atoms with Gasteiger partial charge in [-0.1, -0.05) is 17.7 Å². The van der Waals surface area contributed by atoms with E-state index in [1.165, 1.54) is 31.9 Å². The lowest BCUT2D eigenvalue weighted by molar-refractivity contribution is 0.0600. The molecule has 1 heterocycles. The van der Waals surface area contributed by atoms with Gasteiger partial charge >= 0.3 is 5.97 Å². The van der Waals surface area contributed by atoms with Crippen LogP contribution in [0.3, 0.4) is 0 Å². The number of anilines is 2. The van der Waals surface area contributed by atoms with Crippen molar-refractivity contribution in [2.45, 2.75) is 32.1 Å². The summed E-state index contributed by atoms with van der Waals surface area (Å²) in [5.74, 6) is -0.179. The molecule has 28 heavy (non-hydrogen) atoms. The fraction of sp³-hybridized carbons (Fsp3) is 0.333. The van der Waals surface area contributed by atoms with Crippen molar-refractivity contribution < 1.29 is 14.3 Å². The molecular weight excluding hydrogens is 356 g/mol. The molecule has 2 aromatic rings. The Hall–Kier alpha value is -3.22. The molecule has 1 aliphatic carbocycles. The molecule has 1 aromatic heterocycles. The van der Waals surface area contributed by atoms with Crippen LogP contribution in [0.1, 0.15) is 53.0 Å². The maximum atomic E-state index is 12.4. The first-order chi connectivity index (χ1) is 13.7. The molecule has 7 heteroatoms. The second-order valence-corrected chi connectivity index (χ2v) is 6.60. The lowest BCUT2D eigenvalue weighted by atomic mass is 9.97. The van der Waals surface area contributed by atoms with Gasteiger partial charge in [-0.25, -0.2) is 14.8 Å². The number of aromatic nitrogens is 2. The molecule has 0 bridgehead atoms. The zero-order chi connectivity index (χ0) is 19.8. The molecule has 0 spiro atoms. The quantitative estimate of drug-likeness (QED) is 0.563. The van der Waals surface area contributed by atoms with Crippen LogP contribution in [0.15, 0.2) is 48.3 Å². The third-order valence-electron chi connectivity index (χ3n) is 4.57. The van der Waals surface area contributed by atoms with Crippen molar-refractivity contribution in [3.63, 3.8) is 0 Å². The predicted molar refractivity (Wildman–Crippen MR) is 107 cm³/mol. The highest BCUT2D eigenvalue weighted by molar-refractivity contribution is 5.93. The number of esters is 1. The Bertz CT molecular complexity index is 879. The summed E-state index contributed by atoms with van der Waals surface area (Å²) in [6.45, 7) is 0.596. The largest absolute Gasteiger partial charge is 0.465 e. The number of hydrogen-bond acceptors (Lipinski definition) is 6. The monoisotopic (exact) mass is 380 g/mol. The summed E-state index contributed by atoms with van der Waals surface area (Å²) in [5.41, 5.74) is 2.80. The predicted octanol–water partition coefficient (Wildman–Crippen LogP) is 3.63. The first-order valence-electron chi connectivity index (χ1n) is 9.39. The Kier molecular flexibility index (Phi) is 6.73. The van der Waals surface area contributed by atoms with Gasteiger partial charge in [0.05, 0.1) is 12.7 Å². The second-order valence-electron chi connectivity index (χ2n) is 6.60. The lowest BCUT2D eigenvalue weighted by Gasteiger charge is -2.13. The molecule has 0 atom stereocenters. The molecule has 0 aliphatic heterocycles. The fourth-order valence-corrected chi connectivity index (χ4v) is 3.10. The van der Waals surface area contributed by atoms with E-state index in [0.29, 0.717) is 29.3 Å². The molecule has 0 fully saturated rings. The molecule has 0 saturated heterocycles. The van der Waals surface area contributed by atoms with Gasteiger partial charge in [0.25, 0.3) is 5.91 Å². The first-order valence-corrected chi connectivity index (χ1v) is 9.39. The molecule has 1 aromatic carbocycles. The molecule has 146 valence electrons. The number of rotatable bonds is 7. The van der Waals surface area contributed by atoms with Crippen LogP contribution in [0.2, 0.25) is 0 Å². The zero-order valence-corrected chi connectivity index (χ0v) is 15.9. The topological polar surface area (TPSA) is 93.2 Å². The van der Waals surface area contributed by atoms with E-state index >= 15 is 0 Å². The number of ether oxygens (including phenoxy) is 1. The Morgan fingerprint density at radius 3 is 2.86 bits per heavy atom. The molecule has 2 N–H and O–H groups in total. The van der Waals surface area contributed by atoms with E-state index in [0.717, 1.165) is 19.3 Å². The van der Waals surface area contributed by atoms with Gasteiger partial charge in [-0.2, -0.15) is 0 Å². The smallest absolute Gasteiger partial charge is 0.337 e. The van der Waals surface area contributed by atoms with Gasteiger partial charge in [0, 0.05) is 18.3 Å². The van der Waals surface area contributed by atoms with Crippen LogP contribution in [-0.4, -0.2) is 35.5 Å². The third kappa shape index (κ3) is 5.39. The van der Waals surface area contributed by atoms with Crippen molar-refractivity contribution in [2.75, 3.05) is 19.0 Å². The SMILES string of the molecule is COC(=O)c1cccc(Nc2cc(C(=O)NCCC3=CCCCC3)ncn2)c1. The summed E-state index contributed by atoms with van der Waals surface area (Å²) in [7, 11) is 1.34. The maximum absolute atomic E-state index is 12.4. The number of allylic oxidation sites excluding steroid dienone is 1. The Morgan fingerprint density at radius 2 is 2.07 bits per heavy atom. The number of nitrogens with one attached hydrogen (secondary N) is 2. The van der Waals surface area contributed by atoms with E-state index in [1.807, 2.05) is 0 Å². The number of carbonyl (C=O) groups excluding carboxylic acids is 2. The highest BCUT2D eigenvalue weighted by Gasteiger charge is 2.11. The van der Waals surface area contributed by atoms with E-state index in [4.69, 9.17) is 4.74 Å². The fourth-order valence-electron chi connectivity index (χ4n) is 3.10. The minimum atomic E-state index is -0.417. The summed E-state index contributed by atoms with van der Waals surface area (Å²) in [6, 6.07) is 8.44. The molecule has 0 saturated carbocycles. The molecule has 0 unspecified atom stereocenters. The van der Waals surface area contributed by atoms with E-state index < -0.39 is 5.97 Å². The van der Waals surface area contributed by atoms with Crippen LogP contribution in [0.5, 0.6) is 0 Å². The first kappa shape index (κ1) is 19.5. The van der Waals surface area contributed by atoms with Gasteiger partial charge in [0.2, 0.25) is 0 Å². The van der Waals surface area contributed by atoms with Crippen LogP contribution in [0, 0.1) is 0 Å². The summed E-state index contributed by atoms with van der Waals surface area (Å²) < 4.78 is 4.72. The minimum absolute atomic E-state index is 0.231. The van der Waals surface area contributed by atoms with E-state index in [9.17, 15) is 9.59 Å². The highest BCUT2D eigenvalue weighted by atomic mass is 16.5. The van der Waals surface area contributed by atoms with Gasteiger partial charge in [-0.05, 0) is 50.3 Å². The van der Waals surface area contributed by atoms with Crippen molar-refractivity contribution in [2.24, 2.45) is 0 Å². The van der Waals surface area contributed by atoms with Crippen LogP contribution in [-0.2, 0) is 4.74 Å². The average Bonchev–Trinajstić information content (AvgIpc) is 2.74. The van der Waals surface area contributed by atoms with Crippen molar-refractivity contribution in [1.29, 1.82) is 0 Å². The summed E-state index contributed by atoms with van der Waals surface area (Å²) in [5, 5.41) is 5.99. The number of carbonyl (C=O) groups is 2. The van der Waals surface area contributed by atoms with Crippen molar-refractivity contribution >= 4 is 23.4 Å². The number of hydrogen-bond donors (Lipinski definition) is 2. The maximum Gasteiger partial charge on any atom is 0.337 e. The summed E-state index contributed by atoms with van der Waals surface area (Å²) in [6.07, 6.45) is 9.26. The molecule has 1 amide bonds. The molecule has 0 radical (unpaired) electrons. The third-order valence-corrected chi connectivity index (χ3v) is 4.57. The highest BCUT2D eigenvalue weighted by Crippen LogP contribution is 2.20. The second kappa shape index (κ2) is 9.64. The van der Waals surface area contributed by atoms with Crippen LogP contribution >= 0.6 is 0 Å². The van der Waals surface area contributed by atoms with Gasteiger partial charge in [0.15, 0.2) is 0 Å². The van der Waals surface area contributed by atoms with Gasteiger partial charge < -0.3 is 15.4 Å². The van der Waals surface area contributed by atoms with Gasteiger partial charge in [-0.15, -0.1) is 0 Å². The van der Waals surface area contributed by atoms with E-state index in [2.05, 4.69) is 26.7 Å². The summed E-state index contributed by atoms with van der Waals surface area (Å²) in [4.78, 5) is 32.2. The van der Waals surface area contributed by atoms with Crippen LogP contribution in [0.25, 0.3) is 0 Å². The Labute approximate surface area is 164 Å². The molecule has 3 rings (SSSR count). The van der Waals surface area contributed by atoms with Gasteiger partial charge in [-0.3, -0.25) is 4.79 Å². The Morgan fingerprint density at radius 1 is 1.18 bits per heavy atom. The van der Waals surface area contributed by atoms with E-state index in [1.54, 1.807) is 30.3 Å². The number of nitrogens with zero attached hydrogens (tertiary/aromatic N) is 2. The Balaban J connectivity index is 1.59. The lowest BCUT2D eigenvalue weighted by Crippen LogP contribution is -2.26. The summed E-state index contributed by atoms with van der Waals surface area (Å²) >= 11 is 0. The molecule has 7 nitrogen and oxygen atoms in total. The number of benzene rings is 1. The van der Waals surface area contributed by atoms with Crippen molar-refractivity contribution in [3.05, 3.63) is 59.6 Å². The van der Waals surface area contributed by atoms with Crippen molar-refractivity contribution in [1.82, 2.24) is 15.3 Å². The van der Waals surface area contributed by atoms with E-state index in [-0.39, 0.29) is 5.91 Å². The standard InChI is InChI=1S/C21H24N4O3/c1-28-21(27)16-8-5-9-17(12-16)25-19-13-18(23-14-24-19)20(26)22-11-10-15-6-3-2-4-7-15/h5-6,8-9,12-14H,2-4,7,10-11H2,1H3,(H,22,26)(H,23,24,25). The molecular formula is C21H24N4O3. The van der Waals surface area contributed by atoms with Crippen LogP contribution < -0.4 is 10.6 Å². The minimum Gasteiger partial charge on any atom is -0.465 e. The normalized spacial score (nSPS) is 13.4. The molecule has 1 aliphatic rings.